The Morgan fingerprint density at radius 3 is 2.50 bits per heavy atom. The van der Waals surface area contributed by atoms with Crippen LogP contribution in [0.5, 0.6) is 0 Å². The van der Waals surface area contributed by atoms with Crippen LogP contribution < -0.4 is 16.0 Å². The lowest BCUT2D eigenvalue weighted by molar-refractivity contribution is -0.121. The molecule has 1 unspecified atom stereocenters. The van der Waals surface area contributed by atoms with Crippen LogP contribution in [0.3, 0.4) is 0 Å². The molecule has 6 heteroatoms. The summed E-state index contributed by atoms with van der Waals surface area (Å²) in [5.74, 6) is -0.789. The zero-order chi connectivity index (χ0) is 15.1. The van der Waals surface area contributed by atoms with Crippen molar-refractivity contribution in [3.8, 4) is 0 Å². The zero-order valence-electron chi connectivity index (χ0n) is 11.9. The van der Waals surface area contributed by atoms with E-state index in [0.717, 1.165) is 0 Å². The molecule has 0 heterocycles. The van der Waals surface area contributed by atoms with Crippen LogP contribution in [0.25, 0.3) is 0 Å². The summed E-state index contributed by atoms with van der Waals surface area (Å²) in [6.07, 6.45) is 0. The van der Waals surface area contributed by atoms with E-state index < -0.39 is 18.0 Å². The number of halogens is 1. The Bertz CT molecular complexity index is 479. The van der Waals surface area contributed by atoms with E-state index in [4.69, 9.17) is 0 Å². The summed E-state index contributed by atoms with van der Waals surface area (Å²) in [5.41, 5.74) is 0.477. The van der Waals surface area contributed by atoms with Gasteiger partial charge in [-0.25, -0.2) is 9.18 Å². The molecule has 0 saturated carbocycles. The number of carbonyl (C=O) groups is 2. The van der Waals surface area contributed by atoms with Crippen molar-refractivity contribution in [2.24, 2.45) is 0 Å². The first kappa shape index (κ1) is 16.1. The predicted octanol–water partition coefficient (Wildman–Crippen LogP) is 1.71. The van der Waals surface area contributed by atoms with E-state index in [-0.39, 0.29) is 11.9 Å². The maximum absolute atomic E-state index is 13.6. The second kappa shape index (κ2) is 7.59. The van der Waals surface area contributed by atoms with E-state index in [1.165, 1.54) is 6.07 Å². The fourth-order valence-corrected chi connectivity index (χ4v) is 1.79. The molecule has 0 aliphatic carbocycles. The minimum absolute atomic E-state index is 0.330. The topological polar surface area (TPSA) is 70.2 Å². The number of urea groups is 1. The summed E-state index contributed by atoms with van der Waals surface area (Å²) in [6.45, 7) is 5.57. The molecule has 1 aromatic carbocycles. The summed E-state index contributed by atoms with van der Waals surface area (Å²) in [5, 5.41) is 7.63. The molecule has 0 aromatic heterocycles. The number of imide groups is 1. The third-order valence-corrected chi connectivity index (χ3v) is 2.84. The SMILES string of the molecule is CCNC(=O)NC(=O)C(C)N[C@H](C)c1ccccc1F. The summed E-state index contributed by atoms with van der Waals surface area (Å²) in [6, 6.07) is 4.87. The lowest BCUT2D eigenvalue weighted by Crippen LogP contribution is -2.48. The number of hydrogen-bond donors (Lipinski definition) is 3. The second-order valence-corrected chi connectivity index (χ2v) is 4.48. The number of rotatable bonds is 5. The molecule has 0 bridgehead atoms. The fourth-order valence-electron chi connectivity index (χ4n) is 1.79. The Hall–Kier alpha value is -1.95. The third kappa shape index (κ3) is 4.62. The molecule has 0 saturated heterocycles. The van der Waals surface area contributed by atoms with Crippen molar-refractivity contribution >= 4 is 11.9 Å². The molecular weight excluding hydrogens is 261 g/mol. The summed E-state index contributed by atoms with van der Waals surface area (Å²) < 4.78 is 13.6. The zero-order valence-corrected chi connectivity index (χ0v) is 11.9. The first-order valence-electron chi connectivity index (χ1n) is 6.54. The smallest absolute Gasteiger partial charge is 0.321 e. The van der Waals surface area contributed by atoms with Crippen molar-refractivity contribution in [1.29, 1.82) is 0 Å². The highest BCUT2D eigenvalue weighted by Gasteiger charge is 2.19. The van der Waals surface area contributed by atoms with Crippen molar-refractivity contribution in [2.45, 2.75) is 32.9 Å². The van der Waals surface area contributed by atoms with Crippen molar-refractivity contribution in [2.75, 3.05) is 6.54 Å². The van der Waals surface area contributed by atoms with Gasteiger partial charge in [-0.3, -0.25) is 15.4 Å². The molecule has 3 amide bonds. The molecule has 1 rings (SSSR count). The fraction of sp³-hybridized carbons (Fsp3) is 0.429. The first-order chi connectivity index (χ1) is 9.45. The van der Waals surface area contributed by atoms with Gasteiger partial charge < -0.3 is 5.32 Å². The van der Waals surface area contributed by atoms with Crippen molar-refractivity contribution in [3.63, 3.8) is 0 Å². The van der Waals surface area contributed by atoms with Crippen LogP contribution >= 0.6 is 0 Å². The van der Waals surface area contributed by atoms with E-state index in [0.29, 0.717) is 12.1 Å². The molecule has 0 fully saturated rings. The maximum Gasteiger partial charge on any atom is 0.321 e. The third-order valence-electron chi connectivity index (χ3n) is 2.84. The van der Waals surface area contributed by atoms with E-state index >= 15 is 0 Å². The predicted molar refractivity (Wildman–Crippen MR) is 74.6 cm³/mol. The number of benzene rings is 1. The van der Waals surface area contributed by atoms with Crippen LogP contribution in [0.1, 0.15) is 32.4 Å². The average Bonchev–Trinajstić information content (AvgIpc) is 2.39. The molecule has 3 N–H and O–H groups in total. The van der Waals surface area contributed by atoms with Gasteiger partial charge in [0.15, 0.2) is 0 Å². The van der Waals surface area contributed by atoms with Gasteiger partial charge in [-0.2, -0.15) is 0 Å². The summed E-state index contributed by atoms with van der Waals surface area (Å²) in [4.78, 5) is 23.0. The van der Waals surface area contributed by atoms with Crippen LogP contribution in [0, 0.1) is 5.82 Å². The Kier molecular flexibility index (Phi) is 6.11. The highest BCUT2D eigenvalue weighted by Crippen LogP contribution is 2.16. The van der Waals surface area contributed by atoms with E-state index in [2.05, 4.69) is 16.0 Å². The quantitative estimate of drug-likeness (QED) is 0.769. The summed E-state index contributed by atoms with van der Waals surface area (Å²) >= 11 is 0. The Balaban J connectivity index is 2.57. The van der Waals surface area contributed by atoms with Gasteiger partial charge in [0.05, 0.1) is 6.04 Å². The van der Waals surface area contributed by atoms with E-state index in [9.17, 15) is 14.0 Å². The van der Waals surface area contributed by atoms with Crippen LogP contribution in [-0.2, 0) is 4.79 Å². The molecule has 0 aliphatic heterocycles. The minimum atomic E-state index is -0.618. The average molecular weight is 281 g/mol. The van der Waals surface area contributed by atoms with Gasteiger partial charge in [-0.05, 0) is 26.8 Å². The maximum atomic E-state index is 13.6. The van der Waals surface area contributed by atoms with E-state index in [1.807, 2.05) is 0 Å². The molecule has 20 heavy (non-hydrogen) atoms. The second-order valence-electron chi connectivity index (χ2n) is 4.48. The van der Waals surface area contributed by atoms with Crippen LogP contribution in [0.4, 0.5) is 9.18 Å². The Morgan fingerprint density at radius 1 is 1.25 bits per heavy atom. The van der Waals surface area contributed by atoms with Gasteiger partial charge >= 0.3 is 6.03 Å². The monoisotopic (exact) mass is 281 g/mol. The summed E-state index contributed by atoms with van der Waals surface area (Å²) in [7, 11) is 0. The highest BCUT2D eigenvalue weighted by atomic mass is 19.1. The molecule has 1 aromatic rings. The number of hydrogen-bond acceptors (Lipinski definition) is 3. The lowest BCUT2D eigenvalue weighted by atomic mass is 10.1. The normalized spacial score (nSPS) is 13.4. The Morgan fingerprint density at radius 2 is 1.90 bits per heavy atom. The van der Waals surface area contributed by atoms with Gasteiger partial charge in [0, 0.05) is 18.2 Å². The van der Waals surface area contributed by atoms with Gasteiger partial charge in [0.25, 0.3) is 0 Å². The number of nitrogens with one attached hydrogen (secondary N) is 3. The van der Waals surface area contributed by atoms with E-state index in [1.54, 1.807) is 39.0 Å². The van der Waals surface area contributed by atoms with Gasteiger partial charge in [0.1, 0.15) is 5.82 Å². The largest absolute Gasteiger partial charge is 0.338 e. The van der Waals surface area contributed by atoms with Crippen LogP contribution in [-0.4, -0.2) is 24.5 Å². The molecule has 0 radical (unpaired) electrons. The first-order valence-corrected chi connectivity index (χ1v) is 6.54. The van der Waals surface area contributed by atoms with Gasteiger partial charge in [0.2, 0.25) is 5.91 Å². The van der Waals surface area contributed by atoms with Crippen LogP contribution in [0.2, 0.25) is 0 Å². The van der Waals surface area contributed by atoms with Crippen molar-refractivity contribution < 1.29 is 14.0 Å². The van der Waals surface area contributed by atoms with Crippen molar-refractivity contribution in [1.82, 2.24) is 16.0 Å². The molecule has 0 aliphatic rings. The van der Waals surface area contributed by atoms with Crippen LogP contribution in [0.15, 0.2) is 24.3 Å². The molecule has 2 atom stereocenters. The number of amides is 3. The molecular formula is C14H20FN3O2. The molecule has 0 spiro atoms. The lowest BCUT2D eigenvalue weighted by Gasteiger charge is -2.20. The van der Waals surface area contributed by atoms with Gasteiger partial charge in [-0.15, -0.1) is 0 Å². The highest BCUT2D eigenvalue weighted by molar-refractivity contribution is 5.96. The number of carbonyl (C=O) groups excluding carboxylic acids is 2. The standard InChI is InChI=1S/C14H20FN3O2/c1-4-16-14(20)18-13(19)10(3)17-9(2)11-7-5-6-8-12(11)15/h5-10,17H,4H2,1-3H3,(H2,16,18,19,20)/t9-,10?/m1/s1. The van der Waals surface area contributed by atoms with Gasteiger partial charge in [-0.1, -0.05) is 18.2 Å². The molecule has 5 nitrogen and oxygen atoms in total. The minimum Gasteiger partial charge on any atom is -0.338 e. The Labute approximate surface area is 117 Å². The van der Waals surface area contributed by atoms with Crippen molar-refractivity contribution in [3.05, 3.63) is 35.6 Å². The molecule has 110 valence electrons.